The highest BCUT2D eigenvalue weighted by Crippen LogP contribution is 2.23. The molecule has 1 fully saturated rings. The van der Waals surface area contributed by atoms with Crippen LogP contribution < -0.4 is 9.62 Å². The van der Waals surface area contributed by atoms with Crippen LogP contribution in [0.1, 0.15) is 23.8 Å². The van der Waals surface area contributed by atoms with Crippen LogP contribution in [0.4, 0.5) is 5.95 Å². The molecule has 23 heavy (non-hydrogen) atoms. The Bertz CT molecular complexity index is 847. The zero-order valence-electron chi connectivity index (χ0n) is 12.5. The molecule has 2 N–H and O–H groups in total. The van der Waals surface area contributed by atoms with E-state index in [1.54, 1.807) is 28.6 Å². The Kier molecular flexibility index (Phi) is 3.94. The van der Waals surface area contributed by atoms with Gasteiger partial charge in [-0.1, -0.05) is 6.92 Å². The first-order valence-corrected chi connectivity index (χ1v) is 8.78. The van der Waals surface area contributed by atoms with Crippen LogP contribution in [0, 0.1) is 0 Å². The van der Waals surface area contributed by atoms with Crippen LogP contribution in [0.5, 0.6) is 0 Å². The number of rotatable bonds is 5. The zero-order chi connectivity index (χ0) is 16.6. The number of aromatic nitrogens is 3. The number of hydrogen-bond acceptors (Lipinski definition) is 6. The minimum absolute atomic E-state index is 0.114. The maximum Gasteiger partial charge on any atom is 0.354 e. The van der Waals surface area contributed by atoms with Crippen LogP contribution in [-0.4, -0.2) is 58.7 Å². The molecule has 0 amide bonds. The SMILES string of the molecule is CCNS(=O)(=O)C1CCN(c2nc(C(=O)O)cc3nccn23)C1. The molecule has 0 radical (unpaired) electrons. The summed E-state index contributed by atoms with van der Waals surface area (Å²) in [5.74, 6) is -0.751. The van der Waals surface area contributed by atoms with Crippen LogP contribution in [-0.2, 0) is 10.0 Å². The number of fused-ring (bicyclic) bond motifs is 1. The van der Waals surface area contributed by atoms with Crippen LogP contribution in [0.3, 0.4) is 0 Å². The smallest absolute Gasteiger partial charge is 0.354 e. The Balaban J connectivity index is 1.95. The first-order valence-electron chi connectivity index (χ1n) is 7.23. The Morgan fingerprint density at radius 3 is 3.00 bits per heavy atom. The van der Waals surface area contributed by atoms with Crippen molar-refractivity contribution in [3.63, 3.8) is 0 Å². The van der Waals surface area contributed by atoms with Crippen LogP contribution in [0.25, 0.3) is 5.65 Å². The van der Waals surface area contributed by atoms with Crippen molar-refractivity contribution in [2.45, 2.75) is 18.6 Å². The molecule has 3 rings (SSSR count). The van der Waals surface area contributed by atoms with Crippen molar-refractivity contribution in [3.05, 3.63) is 24.2 Å². The van der Waals surface area contributed by atoms with Crippen molar-refractivity contribution in [3.8, 4) is 0 Å². The summed E-state index contributed by atoms with van der Waals surface area (Å²) in [5.41, 5.74) is 0.349. The molecule has 1 atom stereocenters. The maximum atomic E-state index is 12.1. The first kappa shape index (κ1) is 15.7. The number of sulfonamides is 1. The number of carboxylic acid groups (broad SMARTS) is 1. The third-order valence-corrected chi connectivity index (χ3v) is 5.76. The highest BCUT2D eigenvalue weighted by Gasteiger charge is 2.34. The van der Waals surface area contributed by atoms with E-state index in [0.717, 1.165) is 0 Å². The Morgan fingerprint density at radius 2 is 2.30 bits per heavy atom. The van der Waals surface area contributed by atoms with E-state index in [4.69, 9.17) is 0 Å². The van der Waals surface area contributed by atoms with Gasteiger partial charge in [-0.25, -0.2) is 27.9 Å². The molecular weight excluding hydrogens is 322 g/mol. The lowest BCUT2D eigenvalue weighted by atomic mass is 10.4. The molecule has 0 aliphatic carbocycles. The summed E-state index contributed by atoms with van der Waals surface area (Å²) in [6, 6.07) is 1.38. The summed E-state index contributed by atoms with van der Waals surface area (Å²) in [6.45, 7) is 2.83. The van der Waals surface area contributed by atoms with Crippen molar-refractivity contribution < 1.29 is 18.3 Å². The molecule has 9 nitrogen and oxygen atoms in total. The minimum atomic E-state index is -3.38. The number of aromatic carboxylic acids is 1. The second-order valence-corrected chi connectivity index (χ2v) is 7.35. The number of imidazole rings is 1. The summed E-state index contributed by atoms with van der Waals surface area (Å²) in [4.78, 5) is 21.2. The number of nitrogens with one attached hydrogen (secondary N) is 1. The molecule has 124 valence electrons. The van der Waals surface area contributed by atoms with E-state index in [1.807, 2.05) is 0 Å². The predicted octanol–water partition coefficient (Wildman–Crippen LogP) is -0.0545. The fraction of sp³-hybridized carbons (Fsp3) is 0.462. The molecule has 0 bridgehead atoms. The minimum Gasteiger partial charge on any atom is -0.477 e. The lowest BCUT2D eigenvalue weighted by Crippen LogP contribution is -2.36. The van der Waals surface area contributed by atoms with Gasteiger partial charge in [-0.3, -0.25) is 4.40 Å². The van der Waals surface area contributed by atoms with E-state index in [2.05, 4.69) is 14.7 Å². The molecule has 1 saturated heterocycles. The van der Waals surface area contributed by atoms with Crippen molar-refractivity contribution in [2.75, 3.05) is 24.5 Å². The summed E-state index contributed by atoms with van der Waals surface area (Å²) in [5, 5.41) is 8.63. The maximum absolute atomic E-state index is 12.1. The molecule has 1 aliphatic rings. The van der Waals surface area contributed by atoms with Gasteiger partial charge in [0.05, 0.1) is 5.25 Å². The third kappa shape index (κ3) is 2.86. The number of carboxylic acids is 1. The normalized spacial score (nSPS) is 18.7. The van der Waals surface area contributed by atoms with E-state index in [-0.39, 0.29) is 12.2 Å². The lowest BCUT2D eigenvalue weighted by Gasteiger charge is -2.19. The van der Waals surface area contributed by atoms with Gasteiger partial charge in [-0.2, -0.15) is 0 Å². The molecular formula is C13H17N5O4S. The van der Waals surface area contributed by atoms with Crippen LogP contribution in [0.15, 0.2) is 18.5 Å². The zero-order valence-corrected chi connectivity index (χ0v) is 13.3. The van der Waals surface area contributed by atoms with Gasteiger partial charge in [-0.15, -0.1) is 0 Å². The molecule has 0 spiro atoms. The van der Waals surface area contributed by atoms with Gasteiger partial charge in [0.1, 0.15) is 5.65 Å². The van der Waals surface area contributed by atoms with Crippen molar-refractivity contribution in [1.29, 1.82) is 0 Å². The van der Waals surface area contributed by atoms with E-state index in [0.29, 0.717) is 31.1 Å². The van der Waals surface area contributed by atoms with Gasteiger partial charge in [0.25, 0.3) is 0 Å². The molecule has 1 unspecified atom stereocenters. The average molecular weight is 339 g/mol. The topological polar surface area (TPSA) is 117 Å². The molecule has 10 heteroatoms. The Labute approximate surface area is 133 Å². The largest absolute Gasteiger partial charge is 0.477 e. The van der Waals surface area contributed by atoms with Crippen molar-refractivity contribution in [2.24, 2.45) is 0 Å². The Morgan fingerprint density at radius 1 is 1.52 bits per heavy atom. The first-order chi connectivity index (χ1) is 10.9. The monoisotopic (exact) mass is 339 g/mol. The number of anilines is 1. The van der Waals surface area contributed by atoms with Crippen LogP contribution >= 0.6 is 0 Å². The van der Waals surface area contributed by atoms with E-state index < -0.39 is 21.2 Å². The van der Waals surface area contributed by atoms with Crippen molar-refractivity contribution in [1.82, 2.24) is 19.1 Å². The molecule has 1 aliphatic heterocycles. The van der Waals surface area contributed by atoms with E-state index >= 15 is 0 Å². The van der Waals surface area contributed by atoms with Gasteiger partial charge < -0.3 is 10.0 Å². The number of nitrogens with zero attached hydrogens (tertiary/aromatic N) is 4. The van der Waals surface area contributed by atoms with Gasteiger partial charge in [-0.05, 0) is 6.42 Å². The predicted molar refractivity (Wildman–Crippen MR) is 83.2 cm³/mol. The molecule has 2 aromatic heterocycles. The number of hydrogen-bond donors (Lipinski definition) is 2. The average Bonchev–Trinajstić information content (AvgIpc) is 3.15. The van der Waals surface area contributed by atoms with E-state index in [1.165, 1.54) is 6.07 Å². The fourth-order valence-electron chi connectivity index (χ4n) is 2.72. The quantitative estimate of drug-likeness (QED) is 0.784. The standard InChI is InChI=1S/C13H17N5O4S/c1-2-15-23(21,22)9-3-5-17(8-9)13-16-10(12(19)20)7-11-14-4-6-18(11)13/h4,6-7,9,15H,2-3,5,8H2,1H3,(H,19,20). The van der Waals surface area contributed by atoms with Crippen molar-refractivity contribution >= 4 is 27.6 Å². The summed E-state index contributed by atoms with van der Waals surface area (Å²) in [7, 11) is -3.38. The Hall–Kier alpha value is -2.20. The third-order valence-electron chi connectivity index (χ3n) is 3.80. The molecule has 0 aromatic carbocycles. The summed E-state index contributed by atoms with van der Waals surface area (Å²) >= 11 is 0. The summed E-state index contributed by atoms with van der Waals surface area (Å²) < 4.78 is 28.4. The molecule has 3 heterocycles. The van der Waals surface area contributed by atoms with Gasteiger partial charge in [0, 0.05) is 38.1 Å². The van der Waals surface area contributed by atoms with Gasteiger partial charge >= 0.3 is 5.97 Å². The van der Waals surface area contributed by atoms with Gasteiger partial charge in [0.15, 0.2) is 5.69 Å². The summed E-state index contributed by atoms with van der Waals surface area (Å²) in [6.07, 6.45) is 3.69. The fourth-order valence-corrected chi connectivity index (χ4v) is 4.15. The van der Waals surface area contributed by atoms with E-state index in [9.17, 15) is 18.3 Å². The molecule has 0 saturated carbocycles. The second-order valence-electron chi connectivity index (χ2n) is 5.30. The highest BCUT2D eigenvalue weighted by atomic mass is 32.2. The lowest BCUT2D eigenvalue weighted by molar-refractivity contribution is 0.0690. The molecule has 2 aromatic rings. The number of carbonyl (C=O) groups is 1. The van der Waals surface area contributed by atoms with Gasteiger partial charge in [0.2, 0.25) is 16.0 Å². The highest BCUT2D eigenvalue weighted by molar-refractivity contribution is 7.90. The van der Waals surface area contributed by atoms with Crippen LogP contribution in [0.2, 0.25) is 0 Å². The second kappa shape index (κ2) is 5.78.